The maximum Gasteiger partial charge on any atom is 0.122 e. The smallest absolute Gasteiger partial charge is 0.122 e. The van der Waals surface area contributed by atoms with Crippen molar-refractivity contribution in [1.29, 1.82) is 0 Å². The van der Waals surface area contributed by atoms with E-state index >= 15 is 0 Å². The fourth-order valence-corrected chi connectivity index (χ4v) is 2.97. The van der Waals surface area contributed by atoms with Gasteiger partial charge in [-0.2, -0.15) is 0 Å². The lowest BCUT2D eigenvalue weighted by Crippen LogP contribution is -2.35. The van der Waals surface area contributed by atoms with Crippen LogP contribution in [0.15, 0.2) is 18.2 Å². The van der Waals surface area contributed by atoms with Crippen molar-refractivity contribution < 1.29 is 9.47 Å². The summed E-state index contributed by atoms with van der Waals surface area (Å²) in [7, 11) is 1.74. The third kappa shape index (κ3) is 4.69. The van der Waals surface area contributed by atoms with Gasteiger partial charge in [-0.25, -0.2) is 0 Å². The number of thioether (sulfide) groups is 1. The molecule has 1 aliphatic rings. The first-order valence-corrected chi connectivity index (χ1v) is 8.13. The predicted molar refractivity (Wildman–Crippen MR) is 85.5 cm³/mol. The molecule has 0 spiro atoms. The summed E-state index contributed by atoms with van der Waals surface area (Å²) in [5.41, 5.74) is 2.72. The molecule has 1 aromatic rings. The molecule has 0 radical (unpaired) electrons. The average molecular weight is 295 g/mol. The van der Waals surface area contributed by atoms with Crippen molar-refractivity contribution in [2.45, 2.75) is 43.9 Å². The first kappa shape index (κ1) is 15.7. The monoisotopic (exact) mass is 295 g/mol. The van der Waals surface area contributed by atoms with Gasteiger partial charge in [0.25, 0.3) is 0 Å². The Morgan fingerprint density at radius 2 is 2.10 bits per heavy atom. The average Bonchev–Trinajstić information content (AvgIpc) is 2.34. The summed E-state index contributed by atoms with van der Waals surface area (Å²) in [6.07, 6.45) is 0. The van der Waals surface area contributed by atoms with E-state index in [0.717, 1.165) is 31.3 Å². The van der Waals surface area contributed by atoms with Gasteiger partial charge in [0.05, 0.1) is 25.6 Å². The minimum Gasteiger partial charge on any atom is -0.496 e. The SMILES string of the molecule is COc1ccc(CNC(C)(C)C)cc1CSC1COC1. The summed E-state index contributed by atoms with van der Waals surface area (Å²) in [4.78, 5) is 0. The van der Waals surface area contributed by atoms with Gasteiger partial charge < -0.3 is 14.8 Å². The predicted octanol–water partition coefficient (Wildman–Crippen LogP) is 3.22. The molecule has 0 bridgehead atoms. The lowest BCUT2D eigenvalue weighted by atomic mass is 10.1. The standard InChI is InChI=1S/C16H25NO2S/c1-16(2,3)17-8-12-5-6-15(18-4)13(7-12)11-20-14-9-19-10-14/h5-7,14,17H,8-11H2,1-4H3. The van der Waals surface area contributed by atoms with Gasteiger partial charge in [-0.15, -0.1) is 11.8 Å². The molecule has 0 saturated carbocycles. The molecule has 1 aromatic carbocycles. The topological polar surface area (TPSA) is 30.5 Å². The van der Waals surface area contributed by atoms with Gasteiger partial charge in [-0.05, 0) is 38.5 Å². The molecule has 0 amide bonds. The van der Waals surface area contributed by atoms with Gasteiger partial charge in [-0.1, -0.05) is 6.07 Å². The van der Waals surface area contributed by atoms with Crippen molar-refractivity contribution in [3.05, 3.63) is 29.3 Å². The molecule has 4 heteroatoms. The second-order valence-corrected chi connectivity index (χ2v) is 7.51. The van der Waals surface area contributed by atoms with Crippen LogP contribution in [0.4, 0.5) is 0 Å². The van der Waals surface area contributed by atoms with Crippen molar-refractivity contribution in [2.75, 3.05) is 20.3 Å². The number of hydrogen-bond donors (Lipinski definition) is 1. The maximum absolute atomic E-state index is 5.46. The second kappa shape index (κ2) is 6.83. The zero-order chi connectivity index (χ0) is 14.6. The highest BCUT2D eigenvalue weighted by molar-refractivity contribution is 7.99. The number of methoxy groups -OCH3 is 1. The van der Waals surface area contributed by atoms with Gasteiger partial charge in [0.1, 0.15) is 5.75 Å². The number of rotatable bonds is 6. The first-order chi connectivity index (χ1) is 9.48. The van der Waals surface area contributed by atoms with E-state index < -0.39 is 0 Å². The molecule has 112 valence electrons. The number of hydrogen-bond acceptors (Lipinski definition) is 4. The normalized spacial score (nSPS) is 16.0. The van der Waals surface area contributed by atoms with Gasteiger partial charge >= 0.3 is 0 Å². The third-order valence-electron chi connectivity index (χ3n) is 3.25. The van der Waals surface area contributed by atoms with Gasteiger partial charge in [0.15, 0.2) is 0 Å². The molecule has 1 fully saturated rings. The Morgan fingerprint density at radius 1 is 1.35 bits per heavy atom. The highest BCUT2D eigenvalue weighted by Gasteiger charge is 2.19. The molecule has 3 nitrogen and oxygen atoms in total. The Morgan fingerprint density at radius 3 is 2.65 bits per heavy atom. The minimum absolute atomic E-state index is 0.137. The summed E-state index contributed by atoms with van der Waals surface area (Å²) in [5, 5.41) is 4.17. The zero-order valence-corrected chi connectivity index (χ0v) is 13.7. The molecule has 0 atom stereocenters. The van der Waals surface area contributed by atoms with Crippen molar-refractivity contribution in [3.8, 4) is 5.75 Å². The molecule has 0 aliphatic carbocycles. The Labute approximate surface area is 126 Å². The molecule has 1 saturated heterocycles. The Hall–Kier alpha value is -0.710. The van der Waals surface area contributed by atoms with Crippen LogP contribution in [-0.2, 0) is 17.0 Å². The van der Waals surface area contributed by atoms with E-state index in [1.165, 1.54) is 11.1 Å². The van der Waals surface area contributed by atoms with E-state index in [1.807, 2.05) is 11.8 Å². The van der Waals surface area contributed by atoms with Crippen LogP contribution in [-0.4, -0.2) is 31.1 Å². The number of nitrogens with one attached hydrogen (secondary N) is 1. The van der Waals surface area contributed by atoms with Crippen molar-refractivity contribution in [1.82, 2.24) is 5.32 Å². The summed E-state index contributed by atoms with van der Waals surface area (Å²) in [6.45, 7) is 9.21. The van der Waals surface area contributed by atoms with Gasteiger partial charge in [0, 0.05) is 23.4 Å². The van der Waals surface area contributed by atoms with E-state index in [9.17, 15) is 0 Å². The Bertz CT molecular complexity index is 439. The molecule has 20 heavy (non-hydrogen) atoms. The molecule has 1 heterocycles. The van der Waals surface area contributed by atoms with Gasteiger partial charge in [-0.3, -0.25) is 0 Å². The van der Waals surface area contributed by atoms with E-state index in [-0.39, 0.29) is 5.54 Å². The summed E-state index contributed by atoms with van der Waals surface area (Å²) in [6, 6.07) is 6.47. The third-order valence-corrected chi connectivity index (χ3v) is 4.47. The molecule has 1 N–H and O–H groups in total. The second-order valence-electron chi connectivity index (χ2n) is 6.22. The molecule has 2 rings (SSSR count). The van der Waals surface area contributed by atoms with Crippen LogP contribution in [0, 0.1) is 0 Å². The van der Waals surface area contributed by atoms with Crippen LogP contribution in [0.2, 0.25) is 0 Å². The molecular formula is C16H25NO2S. The molecular weight excluding hydrogens is 270 g/mol. The summed E-state index contributed by atoms with van der Waals surface area (Å²) >= 11 is 1.95. The van der Waals surface area contributed by atoms with Crippen LogP contribution in [0.25, 0.3) is 0 Å². The van der Waals surface area contributed by atoms with Crippen LogP contribution < -0.4 is 10.1 Å². The fourth-order valence-electron chi connectivity index (χ4n) is 1.94. The van der Waals surface area contributed by atoms with Crippen molar-refractivity contribution in [3.63, 3.8) is 0 Å². The highest BCUT2D eigenvalue weighted by Crippen LogP contribution is 2.29. The lowest BCUT2D eigenvalue weighted by molar-refractivity contribution is 0.0455. The summed E-state index contributed by atoms with van der Waals surface area (Å²) < 4.78 is 10.7. The van der Waals surface area contributed by atoms with E-state index in [0.29, 0.717) is 5.25 Å². The highest BCUT2D eigenvalue weighted by atomic mass is 32.2. The van der Waals surface area contributed by atoms with E-state index in [2.05, 4.69) is 44.3 Å². The molecule has 0 aromatic heterocycles. The van der Waals surface area contributed by atoms with Crippen molar-refractivity contribution in [2.24, 2.45) is 0 Å². The first-order valence-electron chi connectivity index (χ1n) is 7.08. The van der Waals surface area contributed by atoms with Crippen LogP contribution in [0.5, 0.6) is 5.75 Å². The Kier molecular flexibility index (Phi) is 5.35. The van der Waals surface area contributed by atoms with E-state index in [1.54, 1.807) is 7.11 Å². The zero-order valence-electron chi connectivity index (χ0n) is 12.9. The lowest BCUT2D eigenvalue weighted by Gasteiger charge is -2.25. The van der Waals surface area contributed by atoms with Crippen LogP contribution >= 0.6 is 11.8 Å². The minimum atomic E-state index is 0.137. The van der Waals surface area contributed by atoms with Crippen LogP contribution in [0.1, 0.15) is 31.9 Å². The quantitative estimate of drug-likeness (QED) is 0.873. The number of ether oxygens (including phenoxy) is 2. The van der Waals surface area contributed by atoms with Gasteiger partial charge in [0.2, 0.25) is 0 Å². The largest absolute Gasteiger partial charge is 0.496 e. The number of benzene rings is 1. The summed E-state index contributed by atoms with van der Waals surface area (Å²) in [5.74, 6) is 1.97. The molecule has 0 unspecified atom stereocenters. The Balaban J connectivity index is 1.99. The maximum atomic E-state index is 5.46. The fraction of sp³-hybridized carbons (Fsp3) is 0.625. The van der Waals surface area contributed by atoms with Crippen LogP contribution in [0.3, 0.4) is 0 Å². The van der Waals surface area contributed by atoms with E-state index in [4.69, 9.17) is 9.47 Å². The van der Waals surface area contributed by atoms with Crippen molar-refractivity contribution >= 4 is 11.8 Å². The molecule has 1 aliphatic heterocycles.